The number of amides is 1. The first kappa shape index (κ1) is 15.4. The van der Waals surface area contributed by atoms with Crippen molar-refractivity contribution in [2.45, 2.75) is 25.3 Å². The highest BCUT2D eigenvalue weighted by molar-refractivity contribution is 6.27. The molecule has 22 heavy (non-hydrogen) atoms. The van der Waals surface area contributed by atoms with Crippen LogP contribution in [0.3, 0.4) is 0 Å². The molecule has 2 heterocycles. The summed E-state index contributed by atoms with van der Waals surface area (Å²) in [7, 11) is 0. The quantitative estimate of drug-likeness (QED) is 0.832. The van der Waals surface area contributed by atoms with E-state index in [1.54, 1.807) is 0 Å². The molecule has 2 aromatic rings. The molecule has 0 spiro atoms. The van der Waals surface area contributed by atoms with Gasteiger partial charge in [-0.15, -0.1) is 11.6 Å². The summed E-state index contributed by atoms with van der Waals surface area (Å²) < 4.78 is 0. The lowest BCUT2D eigenvalue weighted by atomic mass is 10.0. The largest absolute Gasteiger partial charge is 0.361 e. The van der Waals surface area contributed by atoms with E-state index in [9.17, 15) is 4.79 Å². The maximum atomic E-state index is 11.3. The molecular formula is C17H22ClN3O. The maximum Gasteiger partial charge on any atom is 0.235 e. The molecule has 4 nitrogen and oxygen atoms in total. The van der Waals surface area contributed by atoms with Crippen LogP contribution in [0, 0.1) is 0 Å². The monoisotopic (exact) mass is 319 g/mol. The average Bonchev–Trinajstić information content (AvgIpc) is 2.97. The van der Waals surface area contributed by atoms with Gasteiger partial charge in [0.2, 0.25) is 5.91 Å². The molecule has 0 bridgehead atoms. The number of H-pyrrole nitrogens is 1. The molecule has 5 heteroatoms. The van der Waals surface area contributed by atoms with Gasteiger partial charge in [-0.1, -0.05) is 18.2 Å². The van der Waals surface area contributed by atoms with E-state index >= 15 is 0 Å². The fourth-order valence-corrected chi connectivity index (χ4v) is 3.26. The van der Waals surface area contributed by atoms with E-state index in [4.69, 9.17) is 11.6 Å². The van der Waals surface area contributed by atoms with Crippen LogP contribution in [-0.2, 0) is 11.2 Å². The minimum atomic E-state index is -0.0566. The number of nitrogens with one attached hydrogen (secondary N) is 2. The zero-order valence-corrected chi connectivity index (χ0v) is 13.4. The van der Waals surface area contributed by atoms with Crippen LogP contribution in [0.1, 0.15) is 18.4 Å². The van der Waals surface area contributed by atoms with Crippen molar-refractivity contribution in [1.82, 2.24) is 15.2 Å². The van der Waals surface area contributed by atoms with Crippen LogP contribution in [0.4, 0.5) is 0 Å². The van der Waals surface area contributed by atoms with E-state index in [-0.39, 0.29) is 17.8 Å². The van der Waals surface area contributed by atoms with Crippen molar-refractivity contribution in [3.63, 3.8) is 0 Å². The number of para-hydroxylation sites is 1. The topological polar surface area (TPSA) is 48.1 Å². The summed E-state index contributed by atoms with van der Waals surface area (Å²) >= 11 is 5.53. The SMILES string of the molecule is O=C(CCl)NC1CCN(CCc2c[nH]c3ccccc23)CC1. The maximum absolute atomic E-state index is 11.3. The molecule has 1 saturated heterocycles. The van der Waals surface area contributed by atoms with Crippen LogP contribution in [0.5, 0.6) is 0 Å². The van der Waals surface area contributed by atoms with Crippen molar-refractivity contribution >= 4 is 28.4 Å². The number of nitrogens with zero attached hydrogens (tertiary/aromatic N) is 1. The van der Waals surface area contributed by atoms with Crippen molar-refractivity contribution in [3.05, 3.63) is 36.0 Å². The second-order valence-electron chi connectivity index (χ2n) is 5.93. The summed E-state index contributed by atoms with van der Waals surface area (Å²) in [6, 6.07) is 8.72. The first-order chi connectivity index (χ1) is 10.8. The number of carbonyl (C=O) groups excluding carboxylic acids is 1. The summed E-state index contributed by atoms with van der Waals surface area (Å²) in [5.41, 5.74) is 2.59. The Morgan fingerprint density at radius 2 is 2.09 bits per heavy atom. The molecule has 1 aliphatic heterocycles. The summed E-state index contributed by atoms with van der Waals surface area (Å²) in [5, 5.41) is 4.31. The van der Waals surface area contributed by atoms with Crippen LogP contribution in [0.25, 0.3) is 10.9 Å². The van der Waals surface area contributed by atoms with E-state index in [1.165, 1.54) is 16.5 Å². The summed E-state index contributed by atoms with van der Waals surface area (Å²) in [4.78, 5) is 17.1. The first-order valence-corrected chi connectivity index (χ1v) is 8.42. The Kier molecular flexibility index (Phi) is 5.01. The van der Waals surface area contributed by atoms with Crippen molar-refractivity contribution in [3.8, 4) is 0 Å². The number of fused-ring (bicyclic) bond motifs is 1. The second-order valence-corrected chi connectivity index (χ2v) is 6.19. The second kappa shape index (κ2) is 7.16. The van der Waals surface area contributed by atoms with E-state index in [0.717, 1.165) is 38.9 Å². The highest BCUT2D eigenvalue weighted by Crippen LogP contribution is 2.19. The Labute approximate surface area is 135 Å². The van der Waals surface area contributed by atoms with Crippen LogP contribution >= 0.6 is 11.6 Å². The van der Waals surface area contributed by atoms with Gasteiger partial charge in [-0.05, 0) is 30.9 Å². The molecule has 3 rings (SSSR count). The highest BCUT2D eigenvalue weighted by Gasteiger charge is 2.20. The first-order valence-electron chi connectivity index (χ1n) is 7.89. The van der Waals surface area contributed by atoms with E-state index in [2.05, 4.69) is 45.7 Å². The smallest absolute Gasteiger partial charge is 0.235 e. The van der Waals surface area contributed by atoms with Gasteiger partial charge in [0.25, 0.3) is 0 Å². The number of piperidine rings is 1. The van der Waals surface area contributed by atoms with Crippen LogP contribution in [0.2, 0.25) is 0 Å². The van der Waals surface area contributed by atoms with Crippen LogP contribution in [-0.4, -0.2) is 47.3 Å². The van der Waals surface area contributed by atoms with Gasteiger partial charge in [0.1, 0.15) is 5.88 Å². The minimum absolute atomic E-state index is 0.0563. The lowest BCUT2D eigenvalue weighted by molar-refractivity contribution is -0.119. The van der Waals surface area contributed by atoms with Gasteiger partial charge in [0.05, 0.1) is 0 Å². The highest BCUT2D eigenvalue weighted by atomic mass is 35.5. The number of rotatable bonds is 5. The standard InChI is InChI=1S/C17H22ClN3O/c18-11-17(22)20-14-6-9-21(10-7-14)8-5-13-12-19-16-4-2-1-3-15(13)16/h1-4,12,14,19H,5-11H2,(H,20,22). The van der Waals surface area contributed by atoms with Gasteiger partial charge < -0.3 is 15.2 Å². The third-order valence-electron chi connectivity index (χ3n) is 4.45. The number of hydrogen-bond donors (Lipinski definition) is 2. The molecule has 1 fully saturated rings. The van der Waals surface area contributed by atoms with E-state index in [1.807, 2.05) is 0 Å². The summed E-state index contributed by atoms with van der Waals surface area (Å²) in [5.74, 6) is -0.000238. The van der Waals surface area contributed by atoms with Crippen molar-refractivity contribution < 1.29 is 4.79 Å². The molecular weight excluding hydrogens is 298 g/mol. The Hall–Kier alpha value is -1.52. The predicted octanol–water partition coefficient (Wildman–Crippen LogP) is 2.53. The fraction of sp³-hybridized carbons (Fsp3) is 0.471. The Balaban J connectivity index is 1.48. The molecule has 118 valence electrons. The molecule has 1 aromatic carbocycles. The Morgan fingerprint density at radius 3 is 2.86 bits per heavy atom. The predicted molar refractivity (Wildman–Crippen MR) is 90.3 cm³/mol. The number of benzene rings is 1. The molecule has 0 atom stereocenters. The van der Waals surface area contributed by atoms with E-state index in [0.29, 0.717) is 0 Å². The molecule has 0 unspecified atom stereocenters. The van der Waals surface area contributed by atoms with Gasteiger partial charge in [-0.25, -0.2) is 0 Å². The lowest BCUT2D eigenvalue weighted by Gasteiger charge is -2.32. The van der Waals surface area contributed by atoms with Crippen molar-refractivity contribution in [2.75, 3.05) is 25.5 Å². The number of alkyl halides is 1. The number of halogens is 1. The van der Waals surface area contributed by atoms with Crippen LogP contribution in [0.15, 0.2) is 30.5 Å². The molecule has 1 aromatic heterocycles. The normalized spacial score (nSPS) is 17.0. The zero-order chi connectivity index (χ0) is 15.4. The van der Waals surface area contributed by atoms with Gasteiger partial charge in [-0.3, -0.25) is 4.79 Å². The van der Waals surface area contributed by atoms with Gasteiger partial charge >= 0.3 is 0 Å². The lowest BCUT2D eigenvalue weighted by Crippen LogP contribution is -2.45. The number of likely N-dealkylation sites (tertiary alicyclic amines) is 1. The van der Waals surface area contributed by atoms with Gasteiger partial charge in [0, 0.05) is 42.8 Å². The molecule has 0 saturated carbocycles. The number of aromatic nitrogens is 1. The molecule has 0 radical (unpaired) electrons. The van der Waals surface area contributed by atoms with Crippen molar-refractivity contribution in [2.24, 2.45) is 0 Å². The van der Waals surface area contributed by atoms with Crippen LogP contribution < -0.4 is 5.32 Å². The number of carbonyl (C=O) groups is 1. The third kappa shape index (κ3) is 3.62. The minimum Gasteiger partial charge on any atom is -0.361 e. The van der Waals surface area contributed by atoms with Gasteiger partial charge in [-0.2, -0.15) is 0 Å². The Bertz CT molecular complexity index is 632. The summed E-state index contributed by atoms with van der Waals surface area (Å²) in [6.45, 7) is 3.14. The average molecular weight is 320 g/mol. The molecule has 2 N–H and O–H groups in total. The van der Waals surface area contributed by atoms with Crippen molar-refractivity contribution in [1.29, 1.82) is 0 Å². The summed E-state index contributed by atoms with van der Waals surface area (Å²) in [6.07, 6.45) is 5.20. The zero-order valence-electron chi connectivity index (χ0n) is 12.6. The number of aromatic amines is 1. The third-order valence-corrected chi connectivity index (χ3v) is 4.69. The number of hydrogen-bond acceptors (Lipinski definition) is 2. The molecule has 0 aliphatic carbocycles. The Morgan fingerprint density at radius 1 is 1.32 bits per heavy atom. The van der Waals surface area contributed by atoms with Gasteiger partial charge in [0.15, 0.2) is 0 Å². The fourth-order valence-electron chi connectivity index (χ4n) is 3.18. The van der Waals surface area contributed by atoms with E-state index < -0.39 is 0 Å². The molecule has 1 aliphatic rings. The molecule has 1 amide bonds.